The van der Waals surface area contributed by atoms with Gasteiger partial charge in [0, 0.05) is 12.2 Å². The number of methoxy groups -OCH3 is 1. The summed E-state index contributed by atoms with van der Waals surface area (Å²) in [6, 6.07) is 5.17. The fourth-order valence-corrected chi connectivity index (χ4v) is 6.26. The molecule has 3 aliphatic rings. The Bertz CT molecular complexity index is 1010. The maximum absolute atomic E-state index is 14.2. The second-order valence-electron chi connectivity index (χ2n) is 9.75. The molecule has 0 aromatic heterocycles. The van der Waals surface area contributed by atoms with Crippen LogP contribution in [0.5, 0.6) is 5.75 Å². The monoisotopic (exact) mass is 472 g/mol. The number of ether oxygens (including phenoxy) is 2. The zero-order valence-electron chi connectivity index (χ0n) is 19.9. The van der Waals surface area contributed by atoms with Crippen molar-refractivity contribution in [3.63, 3.8) is 0 Å². The zero-order chi connectivity index (χ0) is 25.0. The smallest absolute Gasteiger partial charge is 0.310 e. The van der Waals surface area contributed by atoms with Crippen molar-refractivity contribution in [2.75, 3.05) is 25.2 Å². The Labute approximate surface area is 198 Å². The Morgan fingerprint density at radius 3 is 2.56 bits per heavy atom. The number of carboxylic acid groups (broad SMARTS) is 1. The van der Waals surface area contributed by atoms with Gasteiger partial charge in [-0.3, -0.25) is 14.4 Å². The maximum Gasteiger partial charge on any atom is 0.310 e. The maximum atomic E-state index is 14.2. The third kappa shape index (κ3) is 3.17. The van der Waals surface area contributed by atoms with Gasteiger partial charge >= 0.3 is 5.97 Å². The van der Waals surface area contributed by atoms with Gasteiger partial charge in [-0.25, -0.2) is 0 Å². The summed E-state index contributed by atoms with van der Waals surface area (Å²) in [5, 5.41) is 20.0. The van der Waals surface area contributed by atoms with Gasteiger partial charge in [-0.2, -0.15) is 0 Å². The molecule has 34 heavy (non-hydrogen) atoms. The highest BCUT2D eigenvalue weighted by molar-refractivity contribution is 6.05. The predicted octanol–water partition coefficient (Wildman–Crippen LogP) is 1.69. The third-order valence-corrected chi connectivity index (χ3v) is 7.95. The average molecular weight is 473 g/mol. The Morgan fingerprint density at radius 1 is 1.38 bits per heavy atom. The summed E-state index contributed by atoms with van der Waals surface area (Å²) in [5.41, 5.74) is -1.78. The number of aliphatic carboxylic acids is 1. The minimum atomic E-state index is -1.29. The van der Waals surface area contributed by atoms with E-state index in [9.17, 15) is 24.6 Å². The van der Waals surface area contributed by atoms with Crippen LogP contribution < -0.4 is 9.64 Å². The van der Waals surface area contributed by atoms with E-state index in [0.29, 0.717) is 17.9 Å². The van der Waals surface area contributed by atoms with Crippen molar-refractivity contribution < 1.29 is 34.1 Å². The molecular weight excluding hydrogens is 440 g/mol. The summed E-state index contributed by atoms with van der Waals surface area (Å²) in [7, 11) is 1.55. The second-order valence-corrected chi connectivity index (χ2v) is 9.75. The van der Waals surface area contributed by atoms with E-state index in [-0.39, 0.29) is 19.1 Å². The van der Waals surface area contributed by atoms with Crippen molar-refractivity contribution >= 4 is 23.5 Å². The van der Waals surface area contributed by atoms with Crippen LogP contribution >= 0.6 is 0 Å². The number of fused-ring (bicyclic) bond motifs is 1. The normalized spacial score (nSPS) is 34.6. The molecule has 1 spiro atoms. The lowest BCUT2D eigenvalue weighted by molar-refractivity contribution is -0.157. The second kappa shape index (κ2) is 8.39. The van der Waals surface area contributed by atoms with Crippen LogP contribution in [0.15, 0.2) is 36.9 Å². The number of benzene rings is 1. The Kier molecular flexibility index (Phi) is 5.98. The number of carbonyl (C=O) groups excluding carboxylic acids is 2. The summed E-state index contributed by atoms with van der Waals surface area (Å²) < 4.78 is 11.7. The van der Waals surface area contributed by atoms with E-state index < -0.39 is 52.9 Å². The van der Waals surface area contributed by atoms with Gasteiger partial charge in [0.05, 0.1) is 31.3 Å². The summed E-state index contributed by atoms with van der Waals surface area (Å²) in [6.45, 7) is 8.85. The van der Waals surface area contributed by atoms with E-state index in [4.69, 9.17) is 9.47 Å². The number of carbonyl (C=O) groups is 3. The van der Waals surface area contributed by atoms with Gasteiger partial charge in [0.15, 0.2) is 0 Å². The number of likely N-dealkylation sites (tertiary alicyclic amines) is 1. The summed E-state index contributed by atoms with van der Waals surface area (Å²) >= 11 is 0. The number of aliphatic hydroxyl groups is 1. The van der Waals surface area contributed by atoms with Crippen molar-refractivity contribution in [2.45, 2.75) is 50.5 Å². The van der Waals surface area contributed by atoms with Crippen LogP contribution in [0.4, 0.5) is 5.69 Å². The molecule has 3 fully saturated rings. The molecule has 3 unspecified atom stereocenters. The Balaban J connectivity index is 1.84. The van der Waals surface area contributed by atoms with E-state index in [1.807, 2.05) is 6.92 Å². The Morgan fingerprint density at radius 2 is 2.03 bits per heavy atom. The van der Waals surface area contributed by atoms with E-state index in [2.05, 4.69) is 6.58 Å². The number of carboxylic acids is 1. The summed E-state index contributed by atoms with van der Waals surface area (Å²) in [5.74, 6) is -3.61. The van der Waals surface area contributed by atoms with Crippen molar-refractivity contribution in [3.05, 3.63) is 36.9 Å². The molecule has 2 amide bonds. The van der Waals surface area contributed by atoms with Crippen LogP contribution in [0.1, 0.15) is 27.2 Å². The van der Waals surface area contributed by atoms with Crippen molar-refractivity contribution in [3.8, 4) is 5.75 Å². The van der Waals surface area contributed by atoms with Crippen LogP contribution in [0, 0.1) is 17.8 Å². The van der Waals surface area contributed by atoms with Crippen LogP contribution in [0.2, 0.25) is 0 Å². The van der Waals surface area contributed by atoms with Crippen molar-refractivity contribution in [2.24, 2.45) is 17.8 Å². The van der Waals surface area contributed by atoms with E-state index >= 15 is 0 Å². The van der Waals surface area contributed by atoms with Gasteiger partial charge in [-0.1, -0.05) is 13.0 Å². The fourth-order valence-electron chi connectivity index (χ4n) is 6.26. The van der Waals surface area contributed by atoms with Gasteiger partial charge in [-0.15, -0.1) is 6.58 Å². The first-order valence-electron chi connectivity index (χ1n) is 11.5. The van der Waals surface area contributed by atoms with E-state index in [1.54, 1.807) is 51.3 Å². The lowest BCUT2D eigenvalue weighted by Crippen LogP contribution is -2.58. The van der Waals surface area contributed by atoms with Crippen molar-refractivity contribution in [1.29, 1.82) is 0 Å². The standard InChI is InChI=1S/C25H32N2O7/c1-6-11-26(16-7-9-17(33-5)10-8-16)22(30)20-25-12-14(2)24(4,34-25)19(23(31)32)18(25)21(29)27(20)15(3)13-28/h6-10,14-15,18-20,28H,1,11-13H2,2-5H3,(H,31,32)/t14?,15-,18+,19+,20?,24-,25?/m1/s1. The molecule has 9 heteroatoms. The molecule has 2 N–H and O–H groups in total. The van der Waals surface area contributed by atoms with Gasteiger partial charge < -0.3 is 29.5 Å². The molecule has 3 heterocycles. The predicted molar refractivity (Wildman–Crippen MR) is 123 cm³/mol. The highest BCUT2D eigenvalue weighted by Crippen LogP contribution is 2.65. The number of nitrogens with zero attached hydrogens (tertiary/aromatic N) is 2. The van der Waals surface area contributed by atoms with E-state index in [0.717, 1.165) is 0 Å². The quantitative estimate of drug-likeness (QED) is 0.553. The molecule has 0 aliphatic carbocycles. The lowest BCUT2D eigenvalue weighted by atomic mass is 9.62. The first kappa shape index (κ1) is 24.2. The van der Waals surface area contributed by atoms with Gasteiger partial charge in [-0.05, 0) is 50.5 Å². The third-order valence-electron chi connectivity index (χ3n) is 7.95. The summed E-state index contributed by atoms with van der Waals surface area (Å²) in [6.07, 6.45) is 1.96. The largest absolute Gasteiger partial charge is 0.497 e. The number of rotatable bonds is 8. The molecule has 0 radical (unpaired) electrons. The zero-order valence-corrected chi connectivity index (χ0v) is 19.9. The topological polar surface area (TPSA) is 117 Å². The van der Waals surface area contributed by atoms with Gasteiger partial charge in [0.25, 0.3) is 5.91 Å². The minimum absolute atomic E-state index is 0.174. The SMILES string of the molecule is C=CCN(C(=O)C1N([C@H](C)CO)C(=O)[C@@H]2[C@@H](C(=O)O)[C@]3(C)OC12CC3C)c1ccc(OC)cc1. The average Bonchev–Trinajstić information content (AvgIpc) is 3.33. The molecule has 1 aromatic rings. The van der Waals surface area contributed by atoms with Crippen molar-refractivity contribution in [1.82, 2.24) is 4.90 Å². The van der Waals surface area contributed by atoms with Crippen LogP contribution in [-0.4, -0.2) is 76.4 Å². The summed E-state index contributed by atoms with van der Waals surface area (Å²) in [4.78, 5) is 43.1. The highest BCUT2D eigenvalue weighted by Gasteiger charge is 2.80. The molecule has 3 aliphatic heterocycles. The number of hydrogen-bond donors (Lipinski definition) is 2. The van der Waals surface area contributed by atoms with Gasteiger partial charge in [0.1, 0.15) is 23.3 Å². The first-order valence-corrected chi connectivity index (χ1v) is 11.5. The molecule has 9 nitrogen and oxygen atoms in total. The molecule has 4 rings (SSSR count). The molecule has 0 saturated carbocycles. The van der Waals surface area contributed by atoms with Gasteiger partial charge in [0.2, 0.25) is 5.91 Å². The number of amides is 2. The van der Waals surface area contributed by atoms with Crippen LogP contribution in [0.3, 0.4) is 0 Å². The molecule has 2 bridgehead atoms. The number of hydrogen-bond acceptors (Lipinski definition) is 6. The van der Waals surface area contributed by atoms with Crippen LogP contribution in [0.25, 0.3) is 0 Å². The van der Waals surface area contributed by atoms with E-state index in [1.165, 1.54) is 9.80 Å². The minimum Gasteiger partial charge on any atom is -0.497 e. The number of aliphatic hydroxyl groups excluding tert-OH is 1. The first-order chi connectivity index (χ1) is 16.1. The molecular formula is C25H32N2O7. The molecule has 3 saturated heterocycles. The fraction of sp³-hybridized carbons (Fsp3) is 0.560. The highest BCUT2D eigenvalue weighted by atomic mass is 16.5. The molecule has 7 atom stereocenters. The molecule has 1 aromatic carbocycles. The lowest BCUT2D eigenvalue weighted by Gasteiger charge is -2.38. The molecule has 184 valence electrons. The Hall–Kier alpha value is -2.91. The van der Waals surface area contributed by atoms with Crippen LogP contribution in [-0.2, 0) is 19.1 Å². The number of anilines is 1.